The largest absolute Gasteiger partial charge is 0.487 e. The van der Waals surface area contributed by atoms with Crippen LogP contribution in [0.5, 0.6) is 0 Å². The summed E-state index contributed by atoms with van der Waals surface area (Å²) < 4.78 is 21.5. The number of aliphatic hydroxyl groups excluding tert-OH is 1. The minimum absolute atomic E-state index is 0.161. The molecule has 0 radical (unpaired) electrons. The van der Waals surface area contributed by atoms with Crippen LogP contribution in [-0.2, 0) is 4.74 Å². The first-order valence-corrected chi connectivity index (χ1v) is 10.1. The van der Waals surface area contributed by atoms with Gasteiger partial charge in [-0.05, 0) is 30.4 Å². The lowest BCUT2D eigenvalue weighted by molar-refractivity contribution is 0.142. The molecule has 2 fully saturated rings. The van der Waals surface area contributed by atoms with Gasteiger partial charge in [0.15, 0.2) is 0 Å². The van der Waals surface area contributed by atoms with Crippen LogP contribution in [0.15, 0.2) is 36.9 Å². The Balaban J connectivity index is 1.38. The molecule has 0 saturated carbocycles. The van der Waals surface area contributed by atoms with E-state index in [2.05, 4.69) is 22.5 Å². The fourth-order valence-corrected chi connectivity index (χ4v) is 3.72. The molecule has 2 aliphatic heterocycles. The minimum atomic E-state index is -0.588. The molecule has 31 heavy (non-hydrogen) atoms. The van der Waals surface area contributed by atoms with Crippen LogP contribution in [0, 0.1) is 5.82 Å². The van der Waals surface area contributed by atoms with Crippen molar-refractivity contribution in [3.63, 3.8) is 0 Å². The molecule has 4 rings (SSSR count). The van der Waals surface area contributed by atoms with E-state index in [0.717, 1.165) is 0 Å². The first kappa shape index (κ1) is 20.8. The van der Waals surface area contributed by atoms with E-state index in [4.69, 9.17) is 9.84 Å². The Morgan fingerprint density at radius 2 is 2.10 bits per heavy atom. The Hall–Kier alpha value is -3.41. The lowest BCUT2D eigenvalue weighted by atomic mass is 10.2. The van der Waals surface area contributed by atoms with Crippen molar-refractivity contribution >= 4 is 40.9 Å². The number of halogens is 1. The molecule has 0 bridgehead atoms. The van der Waals surface area contributed by atoms with Crippen LogP contribution >= 0.6 is 12.2 Å². The maximum Gasteiger partial charge on any atom is 0.414 e. The zero-order valence-corrected chi connectivity index (χ0v) is 17.3. The van der Waals surface area contributed by atoms with Crippen molar-refractivity contribution in [3.8, 4) is 0 Å². The summed E-state index contributed by atoms with van der Waals surface area (Å²) in [6.45, 7) is 2.26. The van der Waals surface area contributed by atoms with E-state index in [1.807, 2.05) is 4.90 Å². The number of aliphatic hydroxyl groups is 1. The molecule has 2 amide bonds. The number of amides is 2. The first-order valence-electron chi connectivity index (χ1n) is 9.69. The number of hydrogen-bond donors (Lipinski definition) is 2. The number of cyclic esters (lactones) is 1. The number of benzene rings is 1. The van der Waals surface area contributed by atoms with Gasteiger partial charge in [-0.2, -0.15) is 0 Å². The van der Waals surface area contributed by atoms with Crippen molar-refractivity contribution in [3.05, 3.63) is 42.7 Å². The normalized spacial score (nSPS) is 18.8. The second-order valence-corrected chi connectivity index (χ2v) is 7.55. The summed E-state index contributed by atoms with van der Waals surface area (Å²) in [7, 11) is 0. The molecule has 10 nitrogen and oxygen atoms in total. The highest BCUT2D eigenvalue weighted by Crippen LogP contribution is 2.28. The number of carbonyl (C=O) groups excluding carboxylic acids is 2. The van der Waals surface area contributed by atoms with Crippen molar-refractivity contribution in [2.45, 2.75) is 6.10 Å². The van der Waals surface area contributed by atoms with Crippen molar-refractivity contribution < 1.29 is 23.8 Å². The molecule has 164 valence electrons. The van der Waals surface area contributed by atoms with Gasteiger partial charge in [0.25, 0.3) is 5.17 Å². The summed E-state index contributed by atoms with van der Waals surface area (Å²) in [6.07, 6.45) is 3.49. The van der Waals surface area contributed by atoms with E-state index in [1.54, 1.807) is 29.4 Å². The van der Waals surface area contributed by atoms with Gasteiger partial charge in [0.05, 0.1) is 24.5 Å². The summed E-state index contributed by atoms with van der Waals surface area (Å²) in [6, 6.07) is 4.42. The highest BCUT2D eigenvalue weighted by Gasteiger charge is 2.33. The number of nitrogens with zero attached hydrogens (tertiary/aromatic N) is 5. The zero-order valence-electron chi connectivity index (χ0n) is 16.5. The average Bonchev–Trinajstić information content (AvgIpc) is 3.42. The summed E-state index contributed by atoms with van der Waals surface area (Å²) in [5, 5.41) is 11.2. The lowest BCUT2D eigenvalue weighted by Gasteiger charge is -2.36. The van der Waals surface area contributed by atoms with Crippen molar-refractivity contribution in [2.24, 2.45) is 0 Å². The Bertz CT molecular complexity index is 980. The van der Waals surface area contributed by atoms with Gasteiger partial charge in [-0.15, -0.1) is 0 Å². The SMILES string of the molecule is O=C1OC(CNC(O)=S)CN1c1ccc(N2CCN(C(=O)n3ccnc3)CC2)c(F)c1. The summed E-state index contributed by atoms with van der Waals surface area (Å²) in [5.74, 6) is -0.460. The standard InChI is InChI=1S/C19H21FN6O4S/c20-15-9-13(26-11-14(30-19(26)29)10-22-17(27)31)1-2-16(15)23-5-7-24(8-6-23)18(28)25-4-3-21-12-25/h1-4,9,12,14H,5-8,10-11H2,(H2,22,27,31). The van der Waals surface area contributed by atoms with Crippen molar-refractivity contribution in [1.29, 1.82) is 0 Å². The molecule has 2 saturated heterocycles. The van der Waals surface area contributed by atoms with Gasteiger partial charge < -0.3 is 25.0 Å². The predicted octanol–water partition coefficient (Wildman–Crippen LogP) is 1.57. The quantitative estimate of drug-likeness (QED) is 0.680. The van der Waals surface area contributed by atoms with E-state index in [1.165, 1.54) is 21.9 Å². The third-order valence-electron chi connectivity index (χ3n) is 5.21. The second kappa shape index (κ2) is 8.76. The number of thiocarbonyl (C=S) groups is 1. The summed E-state index contributed by atoms with van der Waals surface area (Å²) >= 11 is 4.53. The first-order chi connectivity index (χ1) is 14.9. The molecule has 1 unspecified atom stereocenters. The van der Waals surface area contributed by atoms with Crippen LogP contribution in [0.25, 0.3) is 0 Å². The van der Waals surface area contributed by atoms with Gasteiger partial charge in [0.2, 0.25) is 0 Å². The number of carbonyl (C=O) groups is 2. The number of imidazole rings is 1. The fraction of sp³-hybridized carbons (Fsp3) is 0.368. The average molecular weight is 448 g/mol. The number of hydrogen-bond acceptors (Lipinski definition) is 6. The number of piperazine rings is 1. The molecule has 1 aromatic carbocycles. The number of nitrogens with one attached hydrogen (secondary N) is 1. The van der Waals surface area contributed by atoms with E-state index in [9.17, 15) is 14.0 Å². The Labute approximate surface area is 182 Å². The monoisotopic (exact) mass is 448 g/mol. The summed E-state index contributed by atoms with van der Waals surface area (Å²) in [5.41, 5.74) is 0.795. The van der Waals surface area contributed by atoms with E-state index >= 15 is 0 Å². The Morgan fingerprint density at radius 1 is 1.32 bits per heavy atom. The number of ether oxygens (including phenoxy) is 1. The van der Waals surface area contributed by atoms with Gasteiger partial charge in [-0.3, -0.25) is 9.47 Å². The number of rotatable bonds is 4. The third-order valence-corrected chi connectivity index (χ3v) is 5.36. The topological polar surface area (TPSA) is 103 Å². The second-order valence-electron chi connectivity index (χ2n) is 7.16. The Kier molecular flexibility index (Phi) is 5.89. The van der Waals surface area contributed by atoms with E-state index in [0.29, 0.717) is 37.6 Å². The molecule has 2 aromatic rings. The van der Waals surface area contributed by atoms with Crippen LogP contribution < -0.4 is 15.1 Å². The Morgan fingerprint density at radius 3 is 2.74 bits per heavy atom. The fourth-order valence-electron chi connectivity index (χ4n) is 3.63. The van der Waals surface area contributed by atoms with E-state index < -0.39 is 18.0 Å². The highest BCUT2D eigenvalue weighted by molar-refractivity contribution is 7.79. The molecule has 3 heterocycles. The van der Waals surface area contributed by atoms with Gasteiger partial charge in [0, 0.05) is 38.6 Å². The molecule has 2 N–H and O–H groups in total. The third kappa shape index (κ3) is 4.53. The molecular weight excluding hydrogens is 427 g/mol. The molecule has 12 heteroatoms. The van der Waals surface area contributed by atoms with Crippen molar-refractivity contribution in [1.82, 2.24) is 19.8 Å². The van der Waals surface area contributed by atoms with Gasteiger partial charge in [-0.1, -0.05) is 0 Å². The zero-order chi connectivity index (χ0) is 22.0. The predicted molar refractivity (Wildman–Crippen MR) is 114 cm³/mol. The van der Waals surface area contributed by atoms with Crippen LogP contribution in [0.4, 0.5) is 25.4 Å². The molecule has 2 aliphatic rings. The van der Waals surface area contributed by atoms with Gasteiger partial charge in [-0.25, -0.2) is 19.0 Å². The molecule has 0 aliphatic carbocycles. The van der Waals surface area contributed by atoms with Crippen LogP contribution in [0.1, 0.15) is 0 Å². The number of aromatic nitrogens is 2. The van der Waals surface area contributed by atoms with E-state index in [-0.39, 0.29) is 24.3 Å². The molecule has 1 aromatic heterocycles. The molecular formula is C19H21FN6O4S. The molecule has 1 atom stereocenters. The smallest absolute Gasteiger partial charge is 0.414 e. The maximum absolute atomic E-state index is 14.9. The van der Waals surface area contributed by atoms with Gasteiger partial charge >= 0.3 is 12.1 Å². The highest BCUT2D eigenvalue weighted by atomic mass is 32.1. The van der Waals surface area contributed by atoms with Crippen LogP contribution in [0.3, 0.4) is 0 Å². The van der Waals surface area contributed by atoms with Gasteiger partial charge in [0.1, 0.15) is 18.2 Å². The molecule has 0 spiro atoms. The van der Waals surface area contributed by atoms with Crippen LogP contribution in [-0.4, -0.2) is 82.2 Å². The maximum atomic E-state index is 14.9. The minimum Gasteiger partial charge on any atom is -0.487 e. The number of anilines is 2. The van der Waals surface area contributed by atoms with Crippen molar-refractivity contribution in [2.75, 3.05) is 49.1 Å². The lowest BCUT2D eigenvalue weighted by Crippen LogP contribution is -2.50. The summed E-state index contributed by atoms with van der Waals surface area (Å²) in [4.78, 5) is 33.3. The van der Waals surface area contributed by atoms with Crippen LogP contribution in [0.2, 0.25) is 0 Å².